The summed E-state index contributed by atoms with van der Waals surface area (Å²) in [5.74, 6) is -2.68. The molecule has 8 heteroatoms. The van der Waals surface area contributed by atoms with Gasteiger partial charge in [-0.05, 0) is 29.8 Å². The summed E-state index contributed by atoms with van der Waals surface area (Å²) < 4.78 is 37.7. The Kier molecular flexibility index (Phi) is 5.54. The van der Waals surface area contributed by atoms with Gasteiger partial charge >= 0.3 is 5.97 Å². The minimum Gasteiger partial charge on any atom is -0.485 e. The van der Waals surface area contributed by atoms with Gasteiger partial charge < -0.3 is 19.5 Å². The number of halogens is 2. The van der Waals surface area contributed by atoms with E-state index in [4.69, 9.17) is 14.6 Å². The molecule has 2 aromatic carbocycles. The smallest absolute Gasteiger partial charge is 0.305 e. The van der Waals surface area contributed by atoms with Crippen LogP contribution in [-0.4, -0.2) is 41.1 Å². The Bertz CT molecular complexity index is 858. The summed E-state index contributed by atoms with van der Waals surface area (Å²) in [7, 11) is 0. The summed E-state index contributed by atoms with van der Waals surface area (Å²) in [6.07, 6.45) is -1.25. The average Bonchev–Trinajstić information content (AvgIpc) is 2.66. The van der Waals surface area contributed by atoms with E-state index in [2.05, 4.69) is 0 Å². The van der Waals surface area contributed by atoms with Crippen molar-refractivity contribution in [1.29, 1.82) is 0 Å². The number of carbonyl (C=O) groups is 2. The number of hydrogen-bond donors (Lipinski definition) is 1. The number of nitrogens with zero attached hydrogens (tertiary/aromatic N) is 1. The molecule has 1 heterocycles. The Morgan fingerprint density at radius 1 is 1.11 bits per heavy atom. The van der Waals surface area contributed by atoms with Crippen LogP contribution in [0.4, 0.5) is 8.78 Å². The summed E-state index contributed by atoms with van der Waals surface area (Å²) in [6.45, 7) is -0.212. The van der Waals surface area contributed by atoms with E-state index in [-0.39, 0.29) is 26.1 Å². The summed E-state index contributed by atoms with van der Waals surface area (Å²) in [5, 5.41) is 8.93. The molecular formula is C19H17F2NO5. The first-order valence-electron chi connectivity index (χ1n) is 8.27. The molecule has 0 aliphatic carbocycles. The Balaban J connectivity index is 1.76. The van der Waals surface area contributed by atoms with E-state index >= 15 is 0 Å². The fourth-order valence-corrected chi connectivity index (χ4v) is 2.70. The number of fused-ring (bicyclic) bond motifs is 1. The van der Waals surface area contributed by atoms with Crippen molar-refractivity contribution in [3.8, 4) is 11.5 Å². The van der Waals surface area contributed by atoms with E-state index in [1.807, 2.05) is 0 Å². The third-order valence-corrected chi connectivity index (χ3v) is 4.05. The molecule has 1 N–H and O–H groups in total. The van der Waals surface area contributed by atoms with Crippen LogP contribution >= 0.6 is 0 Å². The molecule has 27 heavy (non-hydrogen) atoms. The Morgan fingerprint density at radius 3 is 2.56 bits per heavy atom. The normalized spacial score (nSPS) is 15.3. The standard InChI is InChI=1S/C19H17F2NO5/c20-13-6-5-12(9-14(13)21)10-22(8-7-18(23)24)19(25)17-11-26-15-3-1-2-4-16(15)27-17/h1-6,9,17H,7-8,10-11H2,(H,23,24). The van der Waals surface area contributed by atoms with E-state index in [1.165, 1.54) is 11.0 Å². The molecule has 0 aromatic heterocycles. The zero-order valence-electron chi connectivity index (χ0n) is 14.2. The molecule has 0 bridgehead atoms. The number of para-hydroxylation sites is 2. The molecule has 142 valence electrons. The number of carboxylic acids is 1. The van der Waals surface area contributed by atoms with Crippen LogP contribution < -0.4 is 9.47 Å². The largest absolute Gasteiger partial charge is 0.485 e. The Hall–Kier alpha value is -3.16. The van der Waals surface area contributed by atoms with Gasteiger partial charge in [0.15, 0.2) is 23.1 Å². The van der Waals surface area contributed by atoms with Gasteiger partial charge in [0, 0.05) is 13.1 Å². The van der Waals surface area contributed by atoms with Crippen LogP contribution in [0.15, 0.2) is 42.5 Å². The molecular weight excluding hydrogens is 360 g/mol. The molecule has 0 radical (unpaired) electrons. The van der Waals surface area contributed by atoms with Gasteiger partial charge in [0.25, 0.3) is 5.91 Å². The Morgan fingerprint density at radius 2 is 1.85 bits per heavy atom. The summed E-state index contributed by atoms with van der Waals surface area (Å²) in [5.41, 5.74) is 0.338. The number of aliphatic carboxylic acids is 1. The van der Waals surface area contributed by atoms with Gasteiger partial charge in [0.05, 0.1) is 6.42 Å². The molecule has 0 fully saturated rings. The second-order valence-electron chi connectivity index (χ2n) is 6.02. The van der Waals surface area contributed by atoms with Crippen LogP contribution in [0.1, 0.15) is 12.0 Å². The van der Waals surface area contributed by atoms with Crippen molar-refractivity contribution >= 4 is 11.9 Å². The van der Waals surface area contributed by atoms with Crippen molar-refractivity contribution in [2.24, 2.45) is 0 Å². The lowest BCUT2D eigenvalue weighted by Crippen LogP contribution is -2.46. The highest BCUT2D eigenvalue weighted by Crippen LogP contribution is 2.31. The van der Waals surface area contributed by atoms with Crippen LogP contribution in [0.2, 0.25) is 0 Å². The number of carbonyl (C=O) groups excluding carboxylic acids is 1. The van der Waals surface area contributed by atoms with Crippen molar-refractivity contribution in [3.05, 3.63) is 59.7 Å². The highest BCUT2D eigenvalue weighted by Gasteiger charge is 2.31. The van der Waals surface area contributed by atoms with E-state index in [9.17, 15) is 18.4 Å². The molecule has 2 aromatic rings. The van der Waals surface area contributed by atoms with Crippen molar-refractivity contribution in [2.75, 3.05) is 13.2 Å². The number of benzene rings is 2. The highest BCUT2D eigenvalue weighted by atomic mass is 19.2. The molecule has 6 nitrogen and oxygen atoms in total. The van der Waals surface area contributed by atoms with Gasteiger partial charge in [0.1, 0.15) is 6.61 Å². The van der Waals surface area contributed by atoms with Crippen LogP contribution in [0.25, 0.3) is 0 Å². The first-order valence-corrected chi connectivity index (χ1v) is 8.27. The van der Waals surface area contributed by atoms with Crippen molar-refractivity contribution in [3.63, 3.8) is 0 Å². The number of amides is 1. The van der Waals surface area contributed by atoms with Gasteiger partial charge in [-0.3, -0.25) is 9.59 Å². The van der Waals surface area contributed by atoms with E-state index < -0.39 is 29.6 Å². The molecule has 0 spiro atoms. The number of rotatable bonds is 6. The summed E-state index contributed by atoms with van der Waals surface area (Å²) >= 11 is 0. The quantitative estimate of drug-likeness (QED) is 0.838. The lowest BCUT2D eigenvalue weighted by molar-refractivity contribution is -0.143. The molecule has 1 aliphatic rings. The maximum absolute atomic E-state index is 13.4. The van der Waals surface area contributed by atoms with Gasteiger partial charge in [-0.15, -0.1) is 0 Å². The average molecular weight is 377 g/mol. The third-order valence-electron chi connectivity index (χ3n) is 4.05. The minimum absolute atomic E-state index is 0.0306. The van der Waals surface area contributed by atoms with Gasteiger partial charge in [-0.1, -0.05) is 18.2 Å². The van der Waals surface area contributed by atoms with Crippen molar-refractivity contribution < 1.29 is 33.0 Å². The monoisotopic (exact) mass is 377 g/mol. The summed E-state index contributed by atoms with van der Waals surface area (Å²) in [4.78, 5) is 25.0. The van der Waals surface area contributed by atoms with Crippen molar-refractivity contribution in [2.45, 2.75) is 19.1 Å². The fraction of sp³-hybridized carbons (Fsp3) is 0.263. The predicted octanol–water partition coefficient (Wildman–Crippen LogP) is 2.61. The molecule has 3 rings (SSSR count). The molecule has 1 atom stereocenters. The van der Waals surface area contributed by atoms with Gasteiger partial charge in [-0.25, -0.2) is 8.78 Å². The number of hydrogen-bond acceptors (Lipinski definition) is 4. The van der Waals surface area contributed by atoms with Crippen LogP contribution in [0.3, 0.4) is 0 Å². The number of carboxylic acid groups (broad SMARTS) is 1. The molecule has 1 amide bonds. The third kappa shape index (κ3) is 4.52. The molecule has 1 aliphatic heterocycles. The van der Waals surface area contributed by atoms with Gasteiger partial charge in [-0.2, -0.15) is 0 Å². The predicted molar refractivity (Wildman–Crippen MR) is 90.4 cm³/mol. The first-order chi connectivity index (χ1) is 12.9. The van der Waals surface area contributed by atoms with Crippen LogP contribution in [0.5, 0.6) is 11.5 Å². The molecule has 0 saturated carbocycles. The summed E-state index contributed by atoms with van der Waals surface area (Å²) in [6, 6.07) is 10.1. The van der Waals surface area contributed by atoms with Crippen LogP contribution in [-0.2, 0) is 16.1 Å². The topological polar surface area (TPSA) is 76.1 Å². The fourth-order valence-electron chi connectivity index (χ4n) is 2.70. The first kappa shape index (κ1) is 18.6. The lowest BCUT2D eigenvalue weighted by atomic mass is 10.1. The van der Waals surface area contributed by atoms with Gasteiger partial charge in [0.2, 0.25) is 6.10 Å². The zero-order valence-corrected chi connectivity index (χ0v) is 14.2. The molecule has 1 unspecified atom stereocenters. The van der Waals surface area contributed by atoms with E-state index in [0.29, 0.717) is 17.1 Å². The SMILES string of the molecule is O=C(O)CCN(Cc1ccc(F)c(F)c1)C(=O)C1COc2ccccc2O1. The number of ether oxygens (including phenoxy) is 2. The molecule has 0 saturated heterocycles. The Labute approximate surface area is 153 Å². The lowest BCUT2D eigenvalue weighted by Gasteiger charge is -2.30. The second kappa shape index (κ2) is 8.03. The van der Waals surface area contributed by atoms with Crippen LogP contribution in [0, 0.1) is 11.6 Å². The maximum atomic E-state index is 13.4. The second-order valence-corrected chi connectivity index (χ2v) is 6.02. The van der Waals surface area contributed by atoms with E-state index in [1.54, 1.807) is 24.3 Å². The minimum atomic E-state index is -1.08. The van der Waals surface area contributed by atoms with E-state index in [0.717, 1.165) is 12.1 Å². The highest BCUT2D eigenvalue weighted by molar-refractivity contribution is 5.82. The maximum Gasteiger partial charge on any atom is 0.305 e. The zero-order chi connectivity index (χ0) is 19.4. The van der Waals surface area contributed by atoms with Crippen molar-refractivity contribution in [1.82, 2.24) is 4.90 Å².